The number of nitrogens with one attached hydrogen (secondary N) is 2. The summed E-state index contributed by atoms with van der Waals surface area (Å²) in [5.41, 5.74) is 3.11. The van der Waals surface area contributed by atoms with Crippen LogP contribution in [0.3, 0.4) is 0 Å². The predicted molar refractivity (Wildman–Crippen MR) is 131 cm³/mol. The lowest BCUT2D eigenvalue weighted by molar-refractivity contribution is 0.158. The smallest absolute Gasteiger partial charge is 0.191 e. The summed E-state index contributed by atoms with van der Waals surface area (Å²) in [5.74, 6) is 0.675. The van der Waals surface area contributed by atoms with Crippen molar-refractivity contribution in [2.24, 2.45) is 4.99 Å². The summed E-state index contributed by atoms with van der Waals surface area (Å²) in [6.07, 6.45) is 2.18. The van der Waals surface area contributed by atoms with Gasteiger partial charge in [0.2, 0.25) is 0 Å². The molecule has 0 amide bonds. The van der Waals surface area contributed by atoms with Crippen LogP contribution in [0.25, 0.3) is 0 Å². The number of guanidine groups is 1. The summed E-state index contributed by atoms with van der Waals surface area (Å²) >= 11 is 0. The Morgan fingerprint density at radius 1 is 1.16 bits per heavy atom. The average Bonchev–Trinajstić information content (AvgIpc) is 2.80. The summed E-state index contributed by atoms with van der Waals surface area (Å²) in [4.78, 5) is 9.31. The van der Waals surface area contributed by atoms with Crippen LogP contribution in [0.1, 0.15) is 49.4 Å². The fraction of sp³-hybridized carbons (Fsp3) is 0.500. The third-order valence-electron chi connectivity index (χ3n) is 6.06. The number of rotatable bonds is 8. The molecule has 0 spiro atoms. The molecule has 6 heteroatoms. The SMILES string of the molecule is CCNC(=NCc1ccc(F)c(CN(C)C)c1)NC1CCN(C(C)c2ccccc2)CC1. The molecule has 32 heavy (non-hydrogen) atoms. The molecule has 1 atom stereocenters. The van der Waals surface area contributed by atoms with Gasteiger partial charge in [0.05, 0.1) is 6.54 Å². The van der Waals surface area contributed by atoms with Crippen LogP contribution in [-0.4, -0.2) is 55.5 Å². The second-order valence-electron chi connectivity index (χ2n) is 8.90. The molecule has 3 rings (SSSR count). The van der Waals surface area contributed by atoms with Gasteiger partial charge in [0.15, 0.2) is 5.96 Å². The maximum Gasteiger partial charge on any atom is 0.191 e. The first-order valence-electron chi connectivity index (χ1n) is 11.7. The van der Waals surface area contributed by atoms with Gasteiger partial charge in [-0.3, -0.25) is 4.90 Å². The Balaban J connectivity index is 1.56. The molecule has 1 heterocycles. The lowest BCUT2D eigenvalue weighted by atomic mass is 10.0. The quantitative estimate of drug-likeness (QED) is 0.479. The fourth-order valence-corrected chi connectivity index (χ4v) is 4.25. The van der Waals surface area contributed by atoms with E-state index in [9.17, 15) is 4.39 Å². The van der Waals surface area contributed by atoms with E-state index in [-0.39, 0.29) is 5.82 Å². The largest absolute Gasteiger partial charge is 0.357 e. The second-order valence-corrected chi connectivity index (χ2v) is 8.90. The summed E-state index contributed by atoms with van der Waals surface area (Å²) in [5, 5.41) is 6.98. The lowest BCUT2D eigenvalue weighted by Gasteiger charge is -2.37. The Morgan fingerprint density at radius 3 is 2.53 bits per heavy atom. The van der Waals surface area contributed by atoms with Gasteiger partial charge in [0, 0.05) is 43.8 Å². The highest BCUT2D eigenvalue weighted by molar-refractivity contribution is 5.80. The highest BCUT2D eigenvalue weighted by Gasteiger charge is 2.24. The van der Waals surface area contributed by atoms with E-state index in [1.54, 1.807) is 6.07 Å². The van der Waals surface area contributed by atoms with Crippen molar-refractivity contribution in [2.75, 3.05) is 33.7 Å². The van der Waals surface area contributed by atoms with Gasteiger partial charge in [-0.15, -0.1) is 0 Å². The summed E-state index contributed by atoms with van der Waals surface area (Å²) in [6, 6.07) is 16.9. The van der Waals surface area contributed by atoms with Crippen molar-refractivity contribution in [3.05, 3.63) is 71.0 Å². The monoisotopic (exact) mass is 439 g/mol. The van der Waals surface area contributed by atoms with Gasteiger partial charge < -0.3 is 15.5 Å². The average molecular weight is 440 g/mol. The molecule has 1 aliphatic rings. The zero-order chi connectivity index (χ0) is 22.9. The van der Waals surface area contributed by atoms with Crippen molar-refractivity contribution in [1.29, 1.82) is 0 Å². The van der Waals surface area contributed by atoms with Gasteiger partial charge in [0.1, 0.15) is 5.82 Å². The number of likely N-dealkylation sites (tertiary alicyclic amines) is 1. The molecule has 1 aliphatic heterocycles. The number of hydrogen-bond donors (Lipinski definition) is 2. The third-order valence-corrected chi connectivity index (χ3v) is 6.06. The normalized spacial score (nSPS) is 16.9. The van der Waals surface area contributed by atoms with Crippen molar-refractivity contribution < 1.29 is 4.39 Å². The van der Waals surface area contributed by atoms with Gasteiger partial charge in [-0.2, -0.15) is 0 Å². The number of piperidine rings is 1. The molecule has 2 aromatic carbocycles. The van der Waals surface area contributed by atoms with Crippen LogP contribution >= 0.6 is 0 Å². The lowest BCUT2D eigenvalue weighted by Crippen LogP contribution is -2.49. The maximum atomic E-state index is 14.1. The Labute approximate surface area is 192 Å². The summed E-state index contributed by atoms with van der Waals surface area (Å²) < 4.78 is 14.1. The van der Waals surface area contributed by atoms with E-state index >= 15 is 0 Å². The minimum Gasteiger partial charge on any atom is -0.357 e. The Morgan fingerprint density at radius 2 is 1.88 bits per heavy atom. The molecule has 0 bridgehead atoms. The Kier molecular flexibility index (Phi) is 9.06. The van der Waals surface area contributed by atoms with Crippen molar-refractivity contribution in [3.63, 3.8) is 0 Å². The predicted octanol–water partition coefficient (Wildman–Crippen LogP) is 4.17. The first-order valence-corrected chi connectivity index (χ1v) is 11.7. The molecular formula is C26H38FN5. The molecule has 5 nitrogen and oxygen atoms in total. The first-order chi connectivity index (χ1) is 15.5. The highest BCUT2D eigenvalue weighted by Crippen LogP contribution is 2.24. The molecule has 0 saturated carbocycles. The highest BCUT2D eigenvalue weighted by atomic mass is 19.1. The Bertz CT molecular complexity index is 860. The van der Waals surface area contributed by atoms with E-state index in [2.05, 4.69) is 59.7 Å². The first kappa shape index (κ1) is 24.2. The molecule has 0 aromatic heterocycles. The standard InChI is InChI=1S/C26H38FN5/c1-5-28-26(29-18-21-11-12-25(27)23(17-21)19-31(3)4)30-24-13-15-32(16-14-24)20(2)22-9-7-6-8-10-22/h6-12,17,20,24H,5,13-16,18-19H2,1-4H3,(H2,28,29,30). The molecule has 2 N–H and O–H groups in total. The Hall–Kier alpha value is -2.44. The summed E-state index contributed by atoms with van der Waals surface area (Å²) in [7, 11) is 3.90. The van der Waals surface area contributed by atoms with Gasteiger partial charge in [0.25, 0.3) is 0 Å². The summed E-state index contributed by atoms with van der Waals surface area (Å²) in [6.45, 7) is 8.43. The van der Waals surface area contributed by atoms with E-state index < -0.39 is 0 Å². The molecule has 1 saturated heterocycles. The van der Waals surface area contributed by atoms with Crippen LogP contribution in [0.2, 0.25) is 0 Å². The molecular weight excluding hydrogens is 401 g/mol. The number of benzene rings is 2. The number of hydrogen-bond acceptors (Lipinski definition) is 3. The molecule has 2 aromatic rings. The van der Waals surface area contributed by atoms with Crippen molar-refractivity contribution >= 4 is 5.96 Å². The van der Waals surface area contributed by atoms with E-state index in [0.29, 0.717) is 30.7 Å². The topological polar surface area (TPSA) is 42.9 Å². The van der Waals surface area contributed by atoms with Crippen LogP contribution in [0.5, 0.6) is 0 Å². The van der Waals surface area contributed by atoms with E-state index in [1.807, 2.05) is 31.1 Å². The molecule has 1 fully saturated rings. The van der Waals surface area contributed by atoms with E-state index in [1.165, 1.54) is 5.56 Å². The number of nitrogens with zero attached hydrogens (tertiary/aromatic N) is 3. The van der Waals surface area contributed by atoms with Gasteiger partial charge >= 0.3 is 0 Å². The van der Waals surface area contributed by atoms with Gasteiger partial charge in [-0.1, -0.05) is 36.4 Å². The van der Waals surface area contributed by atoms with Crippen molar-refractivity contribution in [2.45, 2.75) is 51.9 Å². The minimum absolute atomic E-state index is 0.159. The van der Waals surface area contributed by atoms with Crippen LogP contribution in [-0.2, 0) is 13.1 Å². The molecule has 0 radical (unpaired) electrons. The number of halogens is 1. The molecule has 1 unspecified atom stereocenters. The zero-order valence-corrected chi connectivity index (χ0v) is 19.9. The molecule has 0 aliphatic carbocycles. The third kappa shape index (κ3) is 7.04. The van der Waals surface area contributed by atoms with Crippen LogP contribution in [0, 0.1) is 5.82 Å². The fourth-order valence-electron chi connectivity index (χ4n) is 4.25. The molecule has 174 valence electrons. The van der Waals surface area contributed by atoms with Gasteiger partial charge in [-0.05, 0) is 64.0 Å². The maximum absolute atomic E-state index is 14.1. The number of aliphatic imine (C=N–C) groups is 1. The van der Waals surface area contributed by atoms with Crippen molar-refractivity contribution in [1.82, 2.24) is 20.4 Å². The van der Waals surface area contributed by atoms with Gasteiger partial charge in [-0.25, -0.2) is 9.38 Å². The minimum atomic E-state index is -0.159. The van der Waals surface area contributed by atoms with Crippen molar-refractivity contribution in [3.8, 4) is 0 Å². The van der Waals surface area contributed by atoms with Crippen LogP contribution in [0.4, 0.5) is 4.39 Å². The zero-order valence-electron chi connectivity index (χ0n) is 19.9. The van der Waals surface area contributed by atoms with E-state index in [0.717, 1.165) is 44.0 Å². The second kappa shape index (κ2) is 12.0. The van der Waals surface area contributed by atoms with Crippen LogP contribution < -0.4 is 10.6 Å². The van der Waals surface area contributed by atoms with Crippen LogP contribution in [0.15, 0.2) is 53.5 Å². The van der Waals surface area contributed by atoms with E-state index in [4.69, 9.17) is 4.99 Å².